The van der Waals surface area contributed by atoms with Gasteiger partial charge in [0.25, 0.3) is 0 Å². The molecular formula is C24H15NO2. The highest BCUT2D eigenvalue weighted by atomic mass is 16.6. The molecule has 3 nitrogen and oxygen atoms in total. The van der Waals surface area contributed by atoms with Crippen molar-refractivity contribution in [3.05, 3.63) is 102 Å². The number of benzene rings is 4. The summed E-state index contributed by atoms with van der Waals surface area (Å²) in [7, 11) is 0. The van der Waals surface area contributed by atoms with E-state index in [2.05, 4.69) is 35.3 Å². The van der Waals surface area contributed by atoms with Crippen LogP contribution in [0.2, 0.25) is 0 Å². The summed E-state index contributed by atoms with van der Waals surface area (Å²) in [5.74, 6) is -0.0805. The molecule has 1 heterocycles. The third-order valence-corrected chi connectivity index (χ3v) is 4.73. The van der Waals surface area contributed by atoms with Gasteiger partial charge in [-0.3, -0.25) is 0 Å². The van der Waals surface area contributed by atoms with Crippen molar-refractivity contribution in [3.8, 4) is 0 Å². The van der Waals surface area contributed by atoms with Gasteiger partial charge in [-0.1, -0.05) is 66.7 Å². The largest absolute Gasteiger partial charge is 0.402 e. The van der Waals surface area contributed by atoms with E-state index >= 15 is 0 Å². The van der Waals surface area contributed by atoms with Crippen LogP contribution in [0.3, 0.4) is 0 Å². The molecule has 0 aromatic heterocycles. The molecule has 0 spiro atoms. The first kappa shape index (κ1) is 15.5. The Morgan fingerprint density at radius 2 is 1.41 bits per heavy atom. The van der Waals surface area contributed by atoms with Crippen LogP contribution in [0.4, 0.5) is 0 Å². The lowest BCUT2D eigenvalue weighted by Gasteiger charge is -2.07. The molecule has 4 aromatic rings. The second-order valence-electron chi connectivity index (χ2n) is 6.43. The molecule has 128 valence electrons. The molecule has 0 N–H and O–H groups in total. The van der Waals surface area contributed by atoms with Crippen molar-refractivity contribution in [1.29, 1.82) is 0 Å². The smallest absolute Gasteiger partial charge is 0.363 e. The minimum atomic E-state index is -0.425. The normalized spacial score (nSPS) is 15.3. The summed E-state index contributed by atoms with van der Waals surface area (Å²) in [6, 6.07) is 28.0. The van der Waals surface area contributed by atoms with Crippen molar-refractivity contribution in [2.24, 2.45) is 4.99 Å². The standard InChI is InChI=1S/C24H15NO2/c26-24-22(25-23(27-24)16-8-2-1-3-9-16)15-18-14-17-10-4-5-11-19(17)21-13-7-6-12-20(18)21/h1-15H/b22-15+. The molecule has 1 aliphatic heterocycles. The number of carbonyl (C=O) groups is 1. The van der Waals surface area contributed by atoms with E-state index in [-0.39, 0.29) is 0 Å². The van der Waals surface area contributed by atoms with Crippen LogP contribution in [0.15, 0.2) is 95.6 Å². The van der Waals surface area contributed by atoms with Gasteiger partial charge in [0, 0.05) is 5.56 Å². The quantitative estimate of drug-likeness (QED) is 0.278. The molecule has 0 radical (unpaired) electrons. The third kappa shape index (κ3) is 2.70. The van der Waals surface area contributed by atoms with Crippen molar-refractivity contribution in [2.75, 3.05) is 0 Å². The molecular weight excluding hydrogens is 334 g/mol. The van der Waals surface area contributed by atoms with Gasteiger partial charge in [0.05, 0.1) is 0 Å². The molecule has 0 saturated heterocycles. The first-order chi connectivity index (χ1) is 13.3. The molecule has 0 amide bonds. The summed E-state index contributed by atoms with van der Waals surface area (Å²) in [6.07, 6.45) is 1.81. The average molecular weight is 349 g/mol. The zero-order chi connectivity index (χ0) is 18.2. The topological polar surface area (TPSA) is 38.7 Å². The molecule has 0 aliphatic carbocycles. The lowest BCUT2D eigenvalue weighted by molar-refractivity contribution is -0.129. The van der Waals surface area contributed by atoms with Crippen LogP contribution in [0.5, 0.6) is 0 Å². The Balaban J connectivity index is 1.69. The summed E-state index contributed by atoms with van der Waals surface area (Å²) < 4.78 is 5.37. The monoisotopic (exact) mass is 349 g/mol. The number of nitrogens with zero attached hydrogens (tertiary/aromatic N) is 1. The second kappa shape index (κ2) is 6.22. The Hall–Kier alpha value is -3.72. The first-order valence-corrected chi connectivity index (χ1v) is 8.78. The van der Waals surface area contributed by atoms with Crippen LogP contribution in [0, 0.1) is 0 Å². The van der Waals surface area contributed by atoms with Crippen LogP contribution in [-0.4, -0.2) is 11.9 Å². The van der Waals surface area contributed by atoms with E-state index in [0.29, 0.717) is 11.6 Å². The molecule has 0 fully saturated rings. The summed E-state index contributed by atoms with van der Waals surface area (Å²) in [6.45, 7) is 0. The van der Waals surface area contributed by atoms with Gasteiger partial charge >= 0.3 is 5.97 Å². The van der Waals surface area contributed by atoms with Crippen LogP contribution in [0.1, 0.15) is 11.1 Å². The predicted molar refractivity (Wildman–Crippen MR) is 109 cm³/mol. The molecule has 5 rings (SSSR count). The highest BCUT2D eigenvalue weighted by Gasteiger charge is 2.24. The summed E-state index contributed by atoms with van der Waals surface area (Å²) in [4.78, 5) is 16.8. The maximum atomic E-state index is 12.4. The Labute approximate surface area is 156 Å². The number of fused-ring (bicyclic) bond motifs is 3. The zero-order valence-corrected chi connectivity index (χ0v) is 14.4. The highest BCUT2D eigenvalue weighted by Crippen LogP contribution is 2.31. The van der Waals surface area contributed by atoms with E-state index in [0.717, 1.165) is 27.3 Å². The van der Waals surface area contributed by atoms with Crippen molar-refractivity contribution in [3.63, 3.8) is 0 Å². The van der Waals surface area contributed by atoms with Gasteiger partial charge in [-0.25, -0.2) is 9.79 Å². The minimum absolute atomic E-state index is 0.314. The highest BCUT2D eigenvalue weighted by molar-refractivity contribution is 6.15. The van der Waals surface area contributed by atoms with Gasteiger partial charge in [0.1, 0.15) is 0 Å². The molecule has 4 aromatic carbocycles. The van der Waals surface area contributed by atoms with Gasteiger partial charge < -0.3 is 4.74 Å². The SMILES string of the molecule is O=C1OC(c2ccccc2)=N/C1=C/c1cc2ccccc2c2ccccc12. The number of hydrogen-bond acceptors (Lipinski definition) is 3. The summed E-state index contributed by atoms with van der Waals surface area (Å²) in [5.41, 5.74) is 2.06. The maximum Gasteiger partial charge on any atom is 0.363 e. The van der Waals surface area contributed by atoms with Gasteiger partial charge in [-0.2, -0.15) is 0 Å². The van der Waals surface area contributed by atoms with E-state index in [4.69, 9.17) is 4.74 Å². The van der Waals surface area contributed by atoms with Gasteiger partial charge in [-0.05, 0) is 51.4 Å². The lowest BCUT2D eigenvalue weighted by atomic mass is 9.97. The van der Waals surface area contributed by atoms with E-state index in [1.807, 2.05) is 60.7 Å². The van der Waals surface area contributed by atoms with E-state index < -0.39 is 5.97 Å². The molecule has 0 unspecified atom stereocenters. The average Bonchev–Trinajstić information content (AvgIpc) is 3.09. The number of esters is 1. The number of hydrogen-bond donors (Lipinski definition) is 0. The number of ether oxygens (including phenoxy) is 1. The van der Waals surface area contributed by atoms with E-state index in [1.54, 1.807) is 0 Å². The third-order valence-electron chi connectivity index (χ3n) is 4.73. The second-order valence-corrected chi connectivity index (χ2v) is 6.43. The predicted octanol–water partition coefficient (Wildman–Crippen LogP) is 5.34. The Kier molecular flexibility index (Phi) is 3.58. The van der Waals surface area contributed by atoms with Crippen molar-refractivity contribution in [2.45, 2.75) is 0 Å². The molecule has 1 aliphatic rings. The molecule has 27 heavy (non-hydrogen) atoms. The van der Waals surface area contributed by atoms with Crippen LogP contribution in [-0.2, 0) is 9.53 Å². The van der Waals surface area contributed by atoms with Crippen molar-refractivity contribution in [1.82, 2.24) is 0 Å². The van der Waals surface area contributed by atoms with Crippen LogP contribution >= 0.6 is 0 Å². The first-order valence-electron chi connectivity index (χ1n) is 8.78. The Morgan fingerprint density at radius 3 is 2.22 bits per heavy atom. The number of carbonyl (C=O) groups excluding carboxylic acids is 1. The minimum Gasteiger partial charge on any atom is -0.402 e. The fourth-order valence-electron chi connectivity index (χ4n) is 3.46. The van der Waals surface area contributed by atoms with E-state index in [1.165, 1.54) is 5.39 Å². The van der Waals surface area contributed by atoms with Gasteiger partial charge in [0.15, 0.2) is 5.70 Å². The number of cyclic esters (lactones) is 1. The fraction of sp³-hybridized carbons (Fsp3) is 0. The molecule has 0 saturated carbocycles. The van der Waals surface area contributed by atoms with Gasteiger partial charge in [-0.15, -0.1) is 0 Å². The summed E-state index contributed by atoms with van der Waals surface area (Å²) >= 11 is 0. The fourth-order valence-corrected chi connectivity index (χ4v) is 3.46. The Morgan fingerprint density at radius 1 is 0.741 bits per heavy atom. The zero-order valence-electron chi connectivity index (χ0n) is 14.4. The van der Waals surface area contributed by atoms with Crippen molar-refractivity contribution < 1.29 is 9.53 Å². The summed E-state index contributed by atoms with van der Waals surface area (Å²) in [5, 5.41) is 4.56. The van der Waals surface area contributed by atoms with Crippen molar-refractivity contribution >= 4 is 39.5 Å². The van der Waals surface area contributed by atoms with Crippen LogP contribution in [0.25, 0.3) is 27.6 Å². The van der Waals surface area contributed by atoms with Gasteiger partial charge in [0.2, 0.25) is 5.90 Å². The molecule has 0 atom stereocenters. The van der Waals surface area contributed by atoms with Crippen LogP contribution < -0.4 is 0 Å². The number of rotatable bonds is 2. The number of aliphatic imine (C=N–C) groups is 1. The van der Waals surface area contributed by atoms with E-state index in [9.17, 15) is 4.79 Å². The lowest BCUT2D eigenvalue weighted by Crippen LogP contribution is -2.04. The molecule has 3 heteroatoms. The molecule has 0 bridgehead atoms. The Bertz CT molecular complexity index is 1250. The maximum absolute atomic E-state index is 12.4.